The van der Waals surface area contributed by atoms with E-state index in [1.54, 1.807) is 0 Å². The molecule has 0 unspecified atom stereocenters. The summed E-state index contributed by atoms with van der Waals surface area (Å²) < 4.78 is 0. The molecule has 0 heterocycles. The van der Waals surface area contributed by atoms with Crippen molar-refractivity contribution in [2.24, 2.45) is 0 Å². The summed E-state index contributed by atoms with van der Waals surface area (Å²) >= 11 is 0. The minimum atomic E-state index is 1.21. The highest BCUT2D eigenvalue weighted by molar-refractivity contribution is 5.81. The lowest BCUT2D eigenvalue weighted by Crippen LogP contribution is -1.85. The lowest BCUT2D eigenvalue weighted by molar-refractivity contribution is 1.56. The molecule has 1 radical (unpaired) electrons. The smallest absolute Gasteiger partial charge is 0.0172 e. The van der Waals surface area contributed by atoms with E-state index in [9.17, 15) is 0 Å². The third-order valence-electron chi connectivity index (χ3n) is 4.20. The summed E-state index contributed by atoms with van der Waals surface area (Å²) in [6.45, 7) is 0. The van der Waals surface area contributed by atoms with Crippen molar-refractivity contribution in [3.8, 4) is 33.4 Å². The largest absolute Gasteiger partial charge is 0.0622 e. The van der Waals surface area contributed by atoms with Crippen LogP contribution in [0.4, 0.5) is 0 Å². The molecule has 0 amide bonds. The molecule has 4 aromatic rings. The van der Waals surface area contributed by atoms with Crippen molar-refractivity contribution in [1.29, 1.82) is 0 Å². The molecule has 0 nitrogen and oxygen atoms in total. The zero-order valence-electron chi connectivity index (χ0n) is 13.3. The van der Waals surface area contributed by atoms with Gasteiger partial charge < -0.3 is 0 Å². The second kappa shape index (κ2) is 6.55. The van der Waals surface area contributed by atoms with Crippen molar-refractivity contribution < 1.29 is 0 Å². The van der Waals surface area contributed by atoms with Crippen LogP contribution in [-0.4, -0.2) is 0 Å². The Morgan fingerprint density at radius 2 is 0.750 bits per heavy atom. The van der Waals surface area contributed by atoms with E-state index < -0.39 is 0 Å². The van der Waals surface area contributed by atoms with Gasteiger partial charge in [0.15, 0.2) is 0 Å². The topological polar surface area (TPSA) is 0 Å². The van der Waals surface area contributed by atoms with Crippen molar-refractivity contribution in [3.63, 3.8) is 0 Å². The Morgan fingerprint density at radius 1 is 0.375 bits per heavy atom. The Morgan fingerprint density at radius 3 is 1.17 bits per heavy atom. The van der Waals surface area contributed by atoms with Crippen molar-refractivity contribution >= 4 is 0 Å². The van der Waals surface area contributed by atoms with Gasteiger partial charge in [0.1, 0.15) is 0 Å². The van der Waals surface area contributed by atoms with Crippen LogP contribution in [-0.2, 0) is 0 Å². The number of hydrogen-bond acceptors (Lipinski definition) is 0. The average Bonchev–Trinajstić information content (AvgIpc) is 2.70. The maximum atomic E-state index is 3.10. The molecule has 0 aliphatic heterocycles. The fraction of sp³-hybridized carbons (Fsp3) is 0. The molecule has 0 atom stereocenters. The average molecular weight is 305 g/mol. The van der Waals surface area contributed by atoms with Gasteiger partial charge in [-0.15, -0.1) is 0 Å². The van der Waals surface area contributed by atoms with E-state index in [1.807, 2.05) is 12.1 Å². The first-order valence-electron chi connectivity index (χ1n) is 8.12. The van der Waals surface area contributed by atoms with Crippen LogP contribution in [0.3, 0.4) is 0 Å². The molecular weight excluding hydrogens is 288 g/mol. The molecule has 0 saturated carbocycles. The molecule has 4 aromatic carbocycles. The quantitative estimate of drug-likeness (QED) is 0.406. The molecule has 24 heavy (non-hydrogen) atoms. The van der Waals surface area contributed by atoms with E-state index in [0.29, 0.717) is 0 Å². The molecule has 0 heteroatoms. The second-order valence-electron chi connectivity index (χ2n) is 5.82. The summed E-state index contributed by atoms with van der Waals surface area (Å²) in [5.41, 5.74) is 7.38. The molecule has 0 fully saturated rings. The highest BCUT2D eigenvalue weighted by Gasteiger charge is 2.06. The van der Waals surface area contributed by atoms with Crippen LogP contribution in [0.25, 0.3) is 33.4 Å². The molecular formula is C24H17. The molecule has 0 aromatic heterocycles. The van der Waals surface area contributed by atoms with Crippen molar-refractivity contribution in [1.82, 2.24) is 0 Å². The lowest BCUT2D eigenvalue weighted by atomic mass is 9.93. The van der Waals surface area contributed by atoms with E-state index in [1.165, 1.54) is 33.4 Å². The normalized spacial score (nSPS) is 10.5. The van der Waals surface area contributed by atoms with E-state index in [-0.39, 0.29) is 0 Å². The highest BCUT2D eigenvalue weighted by Crippen LogP contribution is 2.32. The van der Waals surface area contributed by atoms with Gasteiger partial charge in [-0.1, -0.05) is 84.9 Å². The Kier molecular flexibility index (Phi) is 3.95. The number of rotatable bonds is 3. The molecule has 0 saturated heterocycles. The minimum absolute atomic E-state index is 1.21. The molecule has 0 aliphatic rings. The Balaban J connectivity index is 1.92. The molecule has 0 spiro atoms. The first kappa shape index (κ1) is 14.5. The fourth-order valence-electron chi connectivity index (χ4n) is 2.97. The maximum absolute atomic E-state index is 3.10. The third-order valence-corrected chi connectivity index (χ3v) is 4.20. The van der Waals surface area contributed by atoms with Gasteiger partial charge in [0.2, 0.25) is 0 Å². The van der Waals surface area contributed by atoms with E-state index >= 15 is 0 Å². The van der Waals surface area contributed by atoms with Gasteiger partial charge in [-0.25, -0.2) is 0 Å². The summed E-state index contributed by atoms with van der Waals surface area (Å²) in [5, 5.41) is 0. The first-order valence-corrected chi connectivity index (χ1v) is 8.12. The van der Waals surface area contributed by atoms with Gasteiger partial charge >= 0.3 is 0 Å². The third kappa shape index (κ3) is 3.00. The number of benzene rings is 4. The van der Waals surface area contributed by atoms with Crippen molar-refractivity contribution in [2.75, 3.05) is 0 Å². The van der Waals surface area contributed by atoms with Gasteiger partial charge in [-0.05, 0) is 57.6 Å². The molecule has 0 bridgehead atoms. The Hall–Kier alpha value is -3.12. The SMILES string of the molecule is [c]1ccc(-c2cc(-c3ccccc3)cc(-c3ccccc3)c2)cc1. The van der Waals surface area contributed by atoms with Gasteiger partial charge in [-0.2, -0.15) is 0 Å². The molecule has 4 rings (SSSR count). The van der Waals surface area contributed by atoms with Gasteiger partial charge in [0.05, 0.1) is 0 Å². The van der Waals surface area contributed by atoms with E-state index in [2.05, 4.69) is 97.1 Å². The summed E-state index contributed by atoms with van der Waals surface area (Å²) in [6, 6.07) is 39.1. The lowest BCUT2D eigenvalue weighted by Gasteiger charge is -2.11. The maximum Gasteiger partial charge on any atom is -0.0172 e. The summed E-state index contributed by atoms with van der Waals surface area (Å²) in [7, 11) is 0. The predicted molar refractivity (Wildman–Crippen MR) is 102 cm³/mol. The second-order valence-corrected chi connectivity index (χ2v) is 5.82. The van der Waals surface area contributed by atoms with Crippen LogP contribution < -0.4 is 0 Å². The fourth-order valence-corrected chi connectivity index (χ4v) is 2.97. The van der Waals surface area contributed by atoms with Crippen molar-refractivity contribution in [2.45, 2.75) is 0 Å². The van der Waals surface area contributed by atoms with Crippen LogP contribution >= 0.6 is 0 Å². The predicted octanol–water partition coefficient (Wildman–Crippen LogP) is 6.49. The Bertz CT molecular complexity index is 784. The van der Waals surface area contributed by atoms with Gasteiger partial charge in [0.25, 0.3) is 0 Å². The highest BCUT2D eigenvalue weighted by atomic mass is 14.1. The van der Waals surface area contributed by atoms with Crippen LogP contribution in [0, 0.1) is 6.07 Å². The summed E-state index contributed by atoms with van der Waals surface area (Å²) in [4.78, 5) is 0. The zero-order chi connectivity index (χ0) is 16.2. The standard InChI is InChI=1S/C24H17/c1-4-10-19(11-5-1)22-16-23(20-12-6-2-7-13-20)18-24(17-22)21-14-8-3-9-15-21/h1-2,4-18H. The van der Waals surface area contributed by atoms with Crippen LogP contribution in [0.15, 0.2) is 103 Å². The van der Waals surface area contributed by atoms with E-state index in [0.717, 1.165) is 0 Å². The zero-order valence-corrected chi connectivity index (χ0v) is 13.3. The van der Waals surface area contributed by atoms with Gasteiger partial charge in [-0.3, -0.25) is 0 Å². The van der Waals surface area contributed by atoms with Crippen LogP contribution in [0.5, 0.6) is 0 Å². The first-order chi connectivity index (χ1) is 11.9. The van der Waals surface area contributed by atoms with Crippen LogP contribution in [0.1, 0.15) is 0 Å². The summed E-state index contributed by atoms with van der Waals surface area (Å²) in [6.07, 6.45) is 0. The van der Waals surface area contributed by atoms with E-state index in [4.69, 9.17) is 0 Å². The minimum Gasteiger partial charge on any atom is -0.0622 e. The molecule has 0 aliphatic carbocycles. The van der Waals surface area contributed by atoms with Gasteiger partial charge in [0, 0.05) is 0 Å². The van der Waals surface area contributed by atoms with Crippen molar-refractivity contribution in [3.05, 3.63) is 109 Å². The molecule has 113 valence electrons. The summed E-state index contributed by atoms with van der Waals surface area (Å²) in [5.74, 6) is 0. The monoisotopic (exact) mass is 305 g/mol. The number of hydrogen-bond donors (Lipinski definition) is 0. The molecule has 0 N–H and O–H groups in total. The Labute approximate surface area is 143 Å². The van der Waals surface area contributed by atoms with Crippen LogP contribution in [0.2, 0.25) is 0 Å².